The first kappa shape index (κ1) is 16.5. The summed E-state index contributed by atoms with van der Waals surface area (Å²) >= 11 is 1.62. The van der Waals surface area contributed by atoms with Crippen LogP contribution in [0.15, 0.2) is 17.5 Å². The van der Waals surface area contributed by atoms with Crippen molar-refractivity contribution in [2.24, 2.45) is 0 Å². The van der Waals surface area contributed by atoms with E-state index in [1.807, 2.05) is 24.4 Å². The number of nitrogens with one attached hydrogen (secondary N) is 1. The predicted molar refractivity (Wildman–Crippen MR) is 79.6 cm³/mol. The summed E-state index contributed by atoms with van der Waals surface area (Å²) < 4.78 is 5.00. The number of thiophene rings is 1. The summed E-state index contributed by atoms with van der Waals surface area (Å²) in [7, 11) is 0. The highest BCUT2D eigenvalue weighted by Crippen LogP contribution is 2.11. The fourth-order valence-corrected chi connectivity index (χ4v) is 2.34. The van der Waals surface area contributed by atoms with Crippen LogP contribution in [-0.2, 0) is 16.1 Å². The first-order chi connectivity index (χ1) is 9.52. The van der Waals surface area contributed by atoms with Crippen LogP contribution in [-0.4, -0.2) is 36.1 Å². The number of carbonyl (C=O) groups excluding carboxylic acids is 2. The van der Waals surface area contributed by atoms with Gasteiger partial charge in [0.25, 0.3) is 0 Å². The maximum atomic E-state index is 12.0. The minimum absolute atomic E-state index is 0.121. The highest BCUT2D eigenvalue weighted by atomic mass is 32.1. The fourth-order valence-electron chi connectivity index (χ4n) is 1.62. The summed E-state index contributed by atoms with van der Waals surface area (Å²) in [6.07, 6.45) is 0.0738. The maximum absolute atomic E-state index is 12.0. The molecule has 1 aromatic rings. The molecule has 2 amide bonds. The van der Waals surface area contributed by atoms with Gasteiger partial charge in [-0.25, -0.2) is 4.79 Å². The van der Waals surface area contributed by atoms with Crippen LogP contribution >= 0.6 is 11.3 Å². The highest BCUT2D eigenvalue weighted by Gasteiger charge is 2.13. The van der Waals surface area contributed by atoms with E-state index in [0.717, 1.165) is 4.88 Å². The van der Waals surface area contributed by atoms with Crippen molar-refractivity contribution < 1.29 is 14.3 Å². The van der Waals surface area contributed by atoms with Gasteiger partial charge in [-0.3, -0.25) is 4.79 Å². The Morgan fingerprint density at radius 3 is 2.75 bits per heavy atom. The minimum atomic E-state index is -0.290. The van der Waals surface area contributed by atoms with E-state index in [0.29, 0.717) is 19.6 Å². The molecule has 0 radical (unpaired) electrons. The van der Waals surface area contributed by atoms with Crippen molar-refractivity contribution in [2.75, 3.05) is 13.1 Å². The lowest BCUT2D eigenvalue weighted by molar-refractivity contribution is -0.147. The SMILES string of the molecule is CCN(Cc1cccs1)C(=O)NCCC(=O)OC(C)C. The second-order valence-corrected chi connectivity index (χ2v) is 5.65. The Hall–Kier alpha value is -1.56. The second kappa shape index (κ2) is 8.58. The zero-order valence-electron chi connectivity index (χ0n) is 12.2. The average molecular weight is 298 g/mol. The third kappa shape index (κ3) is 6.06. The lowest BCUT2D eigenvalue weighted by Gasteiger charge is -2.20. The number of rotatable bonds is 7. The van der Waals surface area contributed by atoms with E-state index in [4.69, 9.17) is 4.74 Å². The number of urea groups is 1. The Morgan fingerprint density at radius 2 is 2.20 bits per heavy atom. The zero-order chi connectivity index (χ0) is 15.0. The van der Waals surface area contributed by atoms with Crippen molar-refractivity contribution in [1.29, 1.82) is 0 Å². The van der Waals surface area contributed by atoms with Gasteiger partial charge in [0, 0.05) is 18.0 Å². The summed E-state index contributed by atoms with van der Waals surface area (Å²) in [5.41, 5.74) is 0. The van der Waals surface area contributed by atoms with Crippen LogP contribution in [0.4, 0.5) is 4.79 Å². The first-order valence-corrected chi connectivity index (χ1v) is 7.65. The lowest BCUT2D eigenvalue weighted by Crippen LogP contribution is -2.40. The third-order valence-corrected chi connectivity index (χ3v) is 3.43. The molecule has 0 saturated heterocycles. The molecule has 0 fully saturated rings. The van der Waals surface area contributed by atoms with Crippen molar-refractivity contribution in [3.8, 4) is 0 Å². The lowest BCUT2D eigenvalue weighted by atomic mass is 10.4. The number of hydrogen-bond acceptors (Lipinski definition) is 4. The molecule has 1 heterocycles. The molecule has 0 bridgehead atoms. The van der Waals surface area contributed by atoms with Crippen molar-refractivity contribution in [1.82, 2.24) is 10.2 Å². The van der Waals surface area contributed by atoms with Gasteiger partial charge in [-0.1, -0.05) is 6.07 Å². The molecule has 6 heteroatoms. The molecule has 0 atom stereocenters. The van der Waals surface area contributed by atoms with Gasteiger partial charge in [-0.15, -0.1) is 11.3 Å². The van der Waals surface area contributed by atoms with Gasteiger partial charge in [0.1, 0.15) is 0 Å². The van der Waals surface area contributed by atoms with Crippen LogP contribution in [0.3, 0.4) is 0 Å². The van der Waals surface area contributed by atoms with E-state index >= 15 is 0 Å². The molecule has 1 aromatic heterocycles. The molecule has 0 aliphatic heterocycles. The maximum Gasteiger partial charge on any atom is 0.317 e. The molecule has 112 valence electrons. The number of ether oxygens (including phenoxy) is 1. The Bertz CT molecular complexity index is 418. The Kier molecular flexibility index (Phi) is 7.08. The van der Waals surface area contributed by atoms with Crippen LogP contribution in [0.25, 0.3) is 0 Å². The van der Waals surface area contributed by atoms with Crippen molar-refractivity contribution in [3.63, 3.8) is 0 Å². The van der Waals surface area contributed by atoms with Gasteiger partial charge in [-0.2, -0.15) is 0 Å². The van der Waals surface area contributed by atoms with E-state index in [1.54, 1.807) is 30.1 Å². The third-order valence-electron chi connectivity index (χ3n) is 2.57. The number of amides is 2. The number of esters is 1. The van der Waals surface area contributed by atoms with E-state index < -0.39 is 0 Å². The summed E-state index contributed by atoms with van der Waals surface area (Å²) in [4.78, 5) is 26.2. The molecule has 20 heavy (non-hydrogen) atoms. The van der Waals surface area contributed by atoms with E-state index in [-0.39, 0.29) is 24.5 Å². The molecule has 5 nitrogen and oxygen atoms in total. The topological polar surface area (TPSA) is 58.6 Å². The summed E-state index contributed by atoms with van der Waals surface area (Å²) in [5, 5.41) is 4.73. The Balaban J connectivity index is 2.31. The predicted octanol–water partition coefficient (Wildman–Crippen LogP) is 2.62. The van der Waals surface area contributed by atoms with Gasteiger partial charge >= 0.3 is 12.0 Å². The van der Waals surface area contributed by atoms with Gasteiger partial charge < -0.3 is 15.0 Å². The van der Waals surface area contributed by atoms with Gasteiger partial charge in [0.15, 0.2) is 0 Å². The van der Waals surface area contributed by atoms with Gasteiger partial charge in [0.2, 0.25) is 0 Å². The summed E-state index contributed by atoms with van der Waals surface area (Å²) in [5.74, 6) is -0.290. The average Bonchev–Trinajstić information content (AvgIpc) is 2.87. The van der Waals surface area contributed by atoms with Gasteiger partial charge in [-0.05, 0) is 32.2 Å². The quantitative estimate of drug-likeness (QED) is 0.787. The molecule has 0 aliphatic rings. The van der Waals surface area contributed by atoms with Crippen LogP contribution < -0.4 is 5.32 Å². The van der Waals surface area contributed by atoms with Crippen molar-refractivity contribution in [2.45, 2.75) is 39.8 Å². The summed E-state index contributed by atoms with van der Waals surface area (Å²) in [6, 6.07) is 3.81. The monoisotopic (exact) mass is 298 g/mol. The molecule has 0 saturated carbocycles. The smallest absolute Gasteiger partial charge is 0.317 e. The first-order valence-electron chi connectivity index (χ1n) is 6.77. The molecule has 0 unspecified atom stereocenters. The molecular weight excluding hydrogens is 276 g/mol. The Morgan fingerprint density at radius 1 is 1.45 bits per heavy atom. The molecule has 0 aliphatic carbocycles. The van der Waals surface area contributed by atoms with Gasteiger partial charge in [0.05, 0.1) is 19.1 Å². The Labute approximate surface area is 123 Å². The minimum Gasteiger partial charge on any atom is -0.463 e. The van der Waals surface area contributed by atoms with Crippen LogP contribution in [0.5, 0.6) is 0 Å². The molecule has 1 rings (SSSR count). The zero-order valence-corrected chi connectivity index (χ0v) is 13.0. The summed E-state index contributed by atoms with van der Waals surface area (Å²) in [6.45, 7) is 7.05. The number of carbonyl (C=O) groups is 2. The van der Waals surface area contributed by atoms with E-state index in [9.17, 15) is 9.59 Å². The standard InChI is InChI=1S/C14H22N2O3S/c1-4-16(10-12-6-5-9-20-12)14(18)15-8-7-13(17)19-11(2)3/h5-6,9,11H,4,7-8,10H2,1-3H3,(H,15,18). The van der Waals surface area contributed by atoms with Crippen molar-refractivity contribution >= 4 is 23.3 Å². The largest absolute Gasteiger partial charge is 0.463 e. The second-order valence-electron chi connectivity index (χ2n) is 4.61. The number of nitrogens with zero attached hydrogens (tertiary/aromatic N) is 1. The molecule has 0 spiro atoms. The van der Waals surface area contributed by atoms with E-state index in [1.165, 1.54) is 0 Å². The van der Waals surface area contributed by atoms with Crippen LogP contribution in [0.1, 0.15) is 32.1 Å². The van der Waals surface area contributed by atoms with Crippen LogP contribution in [0.2, 0.25) is 0 Å². The van der Waals surface area contributed by atoms with E-state index in [2.05, 4.69) is 5.32 Å². The van der Waals surface area contributed by atoms with Crippen molar-refractivity contribution in [3.05, 3.63) is 22.4 Å². The molecule has 1 N–H and O–H groups in total. The molecule has 0 aromatic carbocycles. The highest BCUT2D eigenvalue weighted by molar-refractivity contribution is 7.09. The molecular formula is C14H22N2O3S. The van der Waals surface area contributed by atoms with Crippen LogP contribution in [0, 0.1) is 0 Å². The fraction of sp³-hybridized carbons (Fsp3) is 0.571. The normalized spacial score (nSPS) is 10.4. The number of hydrogen-bond donors (Lipinski definition) is 1.